The molecule has 0 radical (unpaired) electrons. The van der Waals surface area contributed by atoms with Crippen molar-refractivity contribution in [1.29, 1.82) is 0 Å². The zero-order valence-corrected chi connectivity index (χ0v) is 4.88. The molecule has 2 N–H and O–H groups in total. The summed E-state index contributed by atoms with van der Waals surface area (Å²) in [5.41, 5.74) is 5.29. The summed E-state index contributed by atoms with van der Waals surface area (Å²) < 4.78 is 0. The Morgan fingerprint density at radius 3 is 2.00 bits per heavy atom. The van der Waals surface area contributed by atoms with E-state index in [9.17, 15) is 0 Å². The summed E-state index contributed by atoms with van der Waals surface area (Å²) in [7, 11) is 0. The van der Waals surface area contributed by atoms with Gasteiger partial charge in [-0.05, 0) is 13.8 Å². The monoisotopic (exact) mass is 103 g/mol. The maximum absolute atomic E-state index is 5.29. The second-order valence-electron chi connectivity index (χ2n) is 1.40. The molecule has 36 valence electrons. The number of rotatable bonds is 1. The summed E-state index contributed by atoms with van der Waals surface area (Å²) in [6, 6.07) is 0.0833. The smallest absolute Gasteiger partial charge is 0.0327 e. The molecule has 0 bridgehead atoms. The van der Waals surface area contributed by atoms with Crippen molar-refractivity contribution in [3.05, 3.63) is 0 Å². The van der Waals surface area contributed by atoms with Crippen molar-refractivity contribution < 1.29 is 0 Å². The third kappa shape index (κ3) is 2.30. The summed E-state index contributed by atoms with van der Waals surface area (Å²) in [6.45, 7) is 3.72. The van der Waals surface area contributed by atoms with Crippen LogP contribution in [0.1, 0.15) is 13.8 Å². The molecule has 0 spiro atoms. The molecule has 0 aromatic heterocycles. The van der Waals surface area contributed by atoms with E-state index in [-0.39, 0.29) is 6.04 Å². The lowest BCUT2D eigenvalue weighted by atomic mass is 10.3. The van der Waals surface area contributed by atoms with Gasteiger partial charge in [-0.1, -0.05) is 12.2 Å². The van der Waals surface area contributed by atoms with Gasteiger partial charge >= 0.3 is 0 Å². The Labute approximate surface area is 43.5 Å². The third-order valence-electron chi connectivity index (χ3n) is 0.641. The maximum atomic E-state index is 5.29. The van der Waals surface area contributed by atoms with Crippen molar-refractivity contribution in [3.8, 4) is 0 Å². The molecule has 0 aliphatic carbocycles. The van der Waals surface area contributed by atoms with E-state index in [1.54, 1.807) is 0 Å². The Morgan fingerprint density at radius 2 is 2.00 bits per heavy atom. The fourth-order valence-electron chi connectivity index (χ4n) is 0. The van der Waals surface area contributed by atoms with Crippen LogP contribution >= 0.6 is 12.2 Å². The molecule has 1 nitrogen and oxygen atoms in total. The summed E-state index contributed by atoms with van der Waals surface area (Å²) in [5.74, 6) is 0. The highest BCUT2D eigenvalue weighted by Crippen LogP contribution is 1.78. The van der Waals surface area contributed by atoms with Gasteiger partial charge in [-0.25, -0.2) is 0 Å². The Balaban J connectivity index is 3.26. The highest BCUT2D eigenvalue weighted by Gasteiger charge is 1.90. The first-order chi connectivity index (χ1) is 2.64. The lowest BCUT2D eigenvalue weighted by Crippen LogP contribution is -2.21. The quantitative estimate of drug-likeness (QED) is 0.495. The van der Waals surface area contributed by atoms with Gasteiger partial charge in [0.2, 0.25) is 0 Å². The van der Waals surface area contributed by atoms with Crippen molar-refractivity contribution in [2.45, 2.75) is 19.9 Å². The third-order valence-corrected chi connectivity index (χ3v) is 1.01. The predicted molar refractivity (Wildman–Crippen MR) is 31.9 cm³/mol. The van der Waals surface area contributed by atoms with Gasteiger partial charge in [0.25, 0.3) is 0 Å². The van der Waals surface area contributed by atoms with E-state index >= 15 is 0 Å². The fourth-order valence-corrected chi connectivity index (χ4v) is 0. The minimum Gasteiger partial charge on any atom is -0.324 e. The topological polar surface area (TPSA) is 26.0 Å². The molecular weight excluding hydrogens is 94.1 g/mol. The van der Waals surface area contributed by atoms with Crippen molar-refractivity contribution in [3.63, 3.8) is 0 Å². The molecule has 0 aromatic carbocycles. The minimum atomic E-state index is 0.0833. The molecule has 6 heavy (non-hydrogen) atoms. The SMILES string of the molecule is CC(=S)C(C)N. The van der Waals surface area contributed by atoms with E-state index in [0.717, 1.165) is 4.86 Å². The molecular formula is C4H9NS. The summed E-state index contributed by atoms with van der Waals surface area (Å²) in [5, 5.41) is 0. The number of hydrogen-bond acceptors (Lipinski definition) is 2. The number of thiocarbonyl (C=S) groups is 1. The van der Waals surface area contributed by atoms with Gasteiger partial charge in [0.15, 0.2) is 0 Å². The molecule has 0 saturated carbocycles. The first-order valence-electron chi connectivity index (χ1n) is 1.90. The van der Waals surface area contributed by atoms with Gasteiger partial charge in [0, 0.05) is 10.9 Å². The van der Waals surface area contributed by atoms with Crippen LogP contribution in [0.2, 0.25) is 0 Å². The highest BCUT2D eigenvalue weighted by atomic mass is 32.1. The first-order valence-corrected chi connectivity index (χ1v) is 2.31. The summed E-state index contributed by atoms with van der Waals surface area (Å²) in [6.07, 6.45) is 0. The zero-order chi connectivity index (χ0) is 5.15. The molecule has 1 atom stereocenters. The molecule has 0 fully saturated rings. The van der Waals surface area contributed by atoms with E-state index in [1.807, 2.05) is 13.8 Å². The predicted octanol–water partition coefficient (Wildman–Crippen LogP) is 0.723. The highest BCUT2D eigenvalue weighted by molar-refractivity contribution is 7.80. The van der Waals surface area contributed by atoms with Crippen LogP contribution in [0.25, 0.3) is 0 Å². The number of nitrogens with two attached hydrogens (primary N) is 1. The van der Waals surface area contributed by atoms with Crippen LogP contribution in [-0.4, -0.2) is 10.9 Å². The van der Waals surface area contributed by atoms with Crippen molar-refractivity contribution in [1.82, 2.24) is 0 Å². The van der Waals surface area contributed by atoms with Gasteiger partial charge in [-0.15, -0.1) is 0 Å². The lowest BCUT2D eigenvalue weighted by Gasteiger charge is -1.95. The second kappa shape index (κ2) is 2.26. The van der Waals surface area contributed by atoms with E-state index < -0.39 is 0 Å². The molecule has 0 aliphatic heterocycles. The van der Waals surface area contributed by atoms with Crippen LogP contribution in [-0.2, 0) is 0 Å². The Bertz CT molecular complexity index is 58.6. The van der Waals surface area contributed by atoms with Crippen LogP contribution in [0.3, 0.4) is 0 Å². The summed E-state index contributed by atoms with van der Waals surface area (Å²) >= 11 is 4.69. The molecule has 2 heteroatoms. The van der Waals surface area contributed by atoms with E-state index in [0.29, 0.717) is 0 Å². The Hall–Kier alpha value is 0.0500. The van der Waals surface area contributed by atoms with Gasteiger partial charge in [0.05, 0.1) is 0 Å². The first kappa shape index (κ1) is 6.05. The van der Waals surface area contributed by atoms with Crippen molar-refractivity contribution in [2.24, 2.45) is 5.73 Å². The molecule has 0 saturated heterocycles. The minimum absolute atomic E-state index is 0.0833. The molecule has 1 unspecified atom stereocenters. The van der Waals surface area contributed by atoms with Gasteiger partial charge < -0.3 is 5.73 Å². The largest absolute Gasteiger partial charge is 0.324 e. The summed E-state index contributed by atoms with van der Waals surface area (Å²) in [4.78, 5) is 0.870. The number of hydrogen-bond donors (Lipinski definition) is 1. The average Bonchev–Trinajstić information content (AvgIpc) is 1.36. The Morgan fingerprint density at radius 1 is 1.83 bits per heavy atom. The standard InChI is InChI=1S/C4H9NS/c1-3(5)4(2)6/h3H,5H2,1-2H3. The van der Waals surface area contributed by atoms with E-state index in [1.165, 1.54) is 0 Å². The van der Waals surface area contributed by atoms with E-state index in [4.69, 9.17) is 18.0 Å². The fraction of sp³-hybridized carbons (Fsp3) is 0.750. The normalized spacial score (nSPS) is 13.8. The molecule has 0 aliphatic rings. The van der Waals surface area contributed by atoms with Crippen LogP contribution < -0.4 is 5.73 Å². The lowest BCUT2D eigenvalue weighted by molar-refractivity contribution is 0.986. The maximum Gasteiger partial charge on any atom is 0.0327 e. The van der Waals surface area contributed by atoms with Crippen LogP contribution in [0.15, 0.2) is 0 Å². The van der Waals surface area contributed by atoms with Crippen LogP contribution in [0.4, 0.5) is 0 Å². The molecule has 0 aromatic rings. The zero-order valence-electron chi connectivity index (χ0n) is 4.06. The molecule has 0 amide bonds. The average molecular weight is 103 g/mol. The van der Waals surface area contributed by atoms with Crippen molar-refractivity contribution >= 4 is 17.1 Å². The van der Waals surface area contributed by atoms with Gasteiger partial charge in [-0.2, -0.15) is 0 Å². The second-order valence-corrected chi connectivity index (χ2v) is 2.04. The van der Waals surface area contributed by atoms with Crippen LogP contribution in [0.5, 0.6) is 0 Å². The van der Waals surface area contributed by atoms with E-state index in [2.05, 4.69) is 0 Å². The van der Waals surface area contributed by atoms with Gasteiger partial charge in [-0.3, -0.25) is 0 Å². The molecule has 0 rings (SSSR count). The van der Waals surface area contributed by atoms with Gasteiger partial charge in [0.1, 0.15) is 0 Å². The molecule has 0 heterocycles. The van der Waals surface area contributed by atoms with Crippen LogP contribution in [0, 0.1) is 0 Å². The van der Waals surface area contributed by atoms with Crippen molar-refractivity contribution in [2.75, 3.05) is 0 Å². The Kier molecular flexibility index (Phi) is 2.28.